The van der Waals surface area contributed by atoms with Gasteiger partial charge in [-0.2, -0.15) is 5.10 Å². The predicted molar refractivity (Wildman–Crippen MR) is 154 cm³/mol. The molecule has 6 aromatic rings. The Balaban J connectivity index is 1.43. The van der Waals surface area contributed by atoms with Crippen LogP contribution in [0.1, 0.15) is 45.7 Å². The molecule has 0 saturated heterocycles. The maximum Gasteiger partial charge on any atom is 0.259 e. The summed E-state index contributed by atoms with van der Waals surface area (Å²) in [6, 6.07) is 19.2. The van der Waals surface area contributed by atoms with Crippen LogP contribution >= 0.6 is 0 Å². The van der Waals surface area contributed by atoms with E-state index < -0.39 is 6.04 Å². The number of anilines is 1. The number of fused-ring (bicyclic) bond motifs is 2. The Bertz CT molecular complexity index is 1960. The topological polar surface area (TPSA) is 116 Å². The molecule has 3 N–H and O–H groups in total. The van der Waals surface area contributed by atoms with Crippen molar-refractivity contribution in [1.29, 1.82) is 0 Å². The van der Waals surface area contributed by atoms with E-state index in [-0.39, 0.29) is 17.3 Å². The number of para-hydroxylation sites is 1. The lowest BCUT2D eigenvalue weighted by molar-refractivity contribution is 0.0942. The maximum atomic E-state index is 13.4. The first-order valence-electron chi connectivity index (χ1n) is 12.8. The summed E-state index contributed by atoms with van der Waals surface area (Å²) in [5, 5.41) is 12.5. The van der Waals surface area contributed by atoms with Crippen LogP contribution in [0.4, 0.5) is 5.82 Å². The van der Waals surface area contributed by atoms with Gasteiger partial charge in [0.15, 0.2) is 11.5 Å². The fraction of sp³-hybridized carbons (Fsp3) is 0.129. The number of aryl methyl sites for hydroxylation is 1. The number of nitrogen functional groups attached to an aromatic ring is 1. The Hall–Kier alpha value is -5.49. The van der Waals surface area contributed by atoms with Gasteiger partial charge in [0, 0.05) is 36.0 Å². The van der Waals surface area contributed by atoms with Crippen molar-refractivity contribution in [2.75, 3.05) is 5.73 Å². The van der Waals surface area contributed by atoms with E-state index in [0.717, 1.165) is 44.5 Å². The van der Waals surface area contributed by atoms with Gasteiger partial charge in [-0.25, -0.2) is 14.5 Å². The Labute approximate surface area is 230 Å². The Morgan fingerprint density at radius 3 is 2.62 bits per heavy atom. The molecule has 0 aliphatic rings. The number of pyridine rings is 1. The second-order valence-corrected chi connectivity index (χ2v) is 9.53. The molecule has 0 aliphatic heterocycles. The number of rotatable bonds is 4. The molecule has 40 heavy (non-hydrogen) atoms. The fourth-order valence-electron chi connectivity index (χ4n) is 4.70. The summed E-state index contributed by atoms with van der Waals surface area (Å²) in [6.45, 7) is 3.92. The zero-order valence-electron chi connectivity index (χ0n) is 22.3. The highest BCUT2D eigenvalue weighted by molar-refractivity contribution is 6.04. The van der Waals surface area contributed by atoms with Crippen molar-refractivity contribution in [2.45, 2.75) is 19.9 Å². The summed E-state index contributed by atoms with van der Waals surface area (Å²) in [4.78, 5) is 22.8. The molecule has 9 heteroatoms. The largest absolute Gasteiger partial charge is 0.381 e. The molecule has 0 radical (unpaired) electrons. The van der Waals surface area contributed by atoms with Crippen molar-refractivity contribution < 1.29 is 4.79 Å². The minimum Gasteiger partial charge on any atom is -0.381 e. The highest BCUT2D eigenvalue weighted by atomic mass is 16.1. The summed E-state index contributed by atoms with van der Waals surface area (Å²) in [5.41, 5.74) is 12.8. The second kappa shape index (κ2) is 10.0. The number of benzene rings is 2. The van der Waals surface area contributed by atoms with Crippen LogP contribution in [0.5, 0.6) is 0 Å². The molecule has 0 saturated carbocycles. The summed E-state index contributed by atoms with van der Waals surface area (Å²) in [6.07, 6.45) is 5.08. The quantitative estimate of drug-likeness (QED) is 0.328. The van der Waals surface area contributed by atoms with E-state index >= 15 is 0 Å². The van der Waals surface area contributed by atoms with Gasteiger partial charge in [0.05, 0.1) is 40.3 Å². The smallest absolute Gasteiger partial charge is 0.259 e. The van der Waals surface area contributed by atoms with Gasteiger partial charge in [0.25, 0.3) is 5.91 Å². The van der Waals surface area contributed by atoms with Crippen LogP contribution in [0, 0.1) is 18.8 Å². The van der Waals surface area contributed by atoms with Crippen LogP contribution in [0.25, 0.3) is 27.8 Å². The lowest BCUT2D eigenvalue weighted by atomic mass is 9.97. The van der Waals surface area contributed by atoms with Crippen molar-refractivity contribution in [3.8, 4) is 23.1 Å². The van der Waals surface area contributed by atoms with Crippen LogP contribution in [-0.4, -0.2) is 35.3 Å². The highest BCUT2D eigenvalue weighted by Crippen LogP contribution is 2.31. The van der Waals surface area contributed by atoms with Crippen LogP contribution in [-0.2, 0) is 7.05 Å². The number of carbonyl (C=O) groups is 1. The first-order chi connectivity index (χ1) is 19.4. The molecule has 4 heterocycles. The van der Waals surface area contributed by atoms with Gasteiger partial charge < -0.3 is 11.1 Å². The van der Waals surface area contributed by atoms with Crippen molar-refractivity contribution in [1.82, 2.24) is 34.7 Å². The molecular formula is C31H26N8O. The van der Waals surface area contributed by atoms with Gasteiger partial charge in [-0.1, -0.05) is 54.3 Å². The monoisotopic (exact) mass is 526 g/mol. The number of aromatic nitrogens is 6. The minimum absolute atomic E-state index is 0.121. The SMILES string of the molecule is Cc1c(C#Cc2cccc3cc(C(C)NC(=O)c4c(N)nn5cccnc45)c(-c4ccccc4)nc23)cnn1C. The normalized spacial score (nSPS) is 11.8. The van der Waals surface area contributed by atoms with Crippen LogP contribution in [0.3, 0.4) is 0 Å². The van der Waals surface area contributed by atoms with Crippen molar-refractivity contribution in [3.63, 3.8) is 0 Å². The third kappa shape index (κ3) is 4.41. The van der Waals surface area contributed by atoms with Gasteiger partial charge in [-0.05, 0) is 32.0 Å². The van der Waals surface area contributed by atoms with Gasteiger partial charge in [0.2, 0.25) is 0 Å². The fourth-order valence-corrected chi connectivity index (χ4v) is 4.70. The average Bonchev–Trinajstić information content (AvgIpc) is 3.48. The molecular weight excluding hydrogens is 500 g/mol. The number of nitrogens with two attached hydrogens (primary N) is 1. The van der Waals surface area contributed by atoms with E-state index in [1.807, 2.05) is 69.4 Å². The van der Waals surface area contributed by atoms with Crippen molar-refractivity contribution in [2.24, 2.45) is 7.05 Å². The number of carbonyl (C=O) groups excluding carboxylic acids is 1. The molecule has 0 bridgehead atoms. The first-order valence-corrected chi connectivity index (χ1v) is 12.8. The van der Waals surface area contributed by atoms with E-state index in [0.29, 0.717) is 5.65 Å². The standard InChI is InChI=1S/C31H26N8O/c1-19(35-31(40)26-29(32)37-39-16-8-15-33-30(26)39)25-17-23-12-7-11-22(13-14-24-18-34-38(3)20(24)2)27(23)36-28(25)21-9-5-4-6-10-21/h4-12,15-19H,1-3H3,(H2,32,37)(H,35,40). The molecule has 2 aromatic carbocycles. The first kappa shape index (κ1) is 24.8. The Morgan fingerprint density at radius 1 is 1.05 bits per heavy atom. The molecule has 1 atom stereocenters. The number of hydrogen-bond donors (Lipinski definition) is 2. The number of hydrogen-bond acceptors (Lipinski definition) is 6. The number of nitrogens with zero attached hydrogens (tertiary/aromatic N) is 6. The third-order valence-electron chi connectivity index (χ3n) is 6.95. The molecule has 196 valence electrons. The van der Waals surface area contributed by atoms with E-state index in [1.54, 1.807) is 29.3 Å². The molecule has 1 amide bonds. The number of amides is 1. The number of nitrogens with one attached hydrogen (secondary N) is 1. The third-order valence-corrected chi connectivity index (χ3v) is 6.95. The highest BCUT2D eigenvalue weighted by Gasteiger charge is 2.23. The maximum absolute atomic E-state index is 13.4. The molecule has 0 fully saturated rings. The van der Waals surface area contributed by atoms with Gasteiger partial charge in [-0.15, -0.1) is 5.10 Å². The van der Waals surface area contributed by atoms with Gasteiger partial charge >= 0.3 is 0 Å². The molecule has 1 unspecified atom stereocenters. The second-order valence-electron chi connectivity index (χ2n) is 9.53. The molecule has 9 nitrogen and oxygen atoms in total. The van der Waals surface area contributed by atoms with E-state index in [2.05, 4.69) is 38.4 Å². The van der Waals surface area contributed by atoms with E-state index in [9.17, 15) is 4.79 Å². The van der Waals surface area contributed by atoms with E-state index in [1.165, 1.54) is 4.52 Å². The van der Waals surface area contributed by atoms with Crippen LogP contribution in [0.15, 0.2) is 79.3 Å². The lowest BCUT2D eigenvalue weighted by Gasteiger charge is -2.19. The molecule has 0 spiro atoms. The summed E-state index contributed by atoms with van der Waals surface area (Å²) < 4.78 is 3.30. The van der Waals surface area contributed by atoms with Gasteiger partial charge in [0.1, 0.15) is 5.56 Å². The Morgan fingerprint density at radius 2 is 1.85 bits per heavy atom. The lowest BCUT2D eigenvalue weighted by Crippen LogP contribution is -2.28. The van der Waals surface area contributed by atoms with Crippen molar-refractivity contribution >= 4 is 28.3 Å². The summed E-state index contributed by atoms with van der Waals surface area (Å²) in [5.74, 6) is 6.30. The van der Waals surface area contributed by atoms with Crippen LogP contribution < -0.4 is 11.1 Å². The zero-order chi connectivity index (χ0) is 27.8. The van der Waals surface area contributed by atoms with E-state index in [4.69, 9.17) is 10.7 Å². The molecule has 0 aliphatic carbocycles. The van der Waals surface area contributed by atoms with Crippen LogP contribution in [0.2, 0.25) is 0 Å². The summed E-state index contributed by atoms with van der Waals surface area (Å²) >= 11 is 0. The van der Waals surface area contributed by atoms with Gasteiger partial charge in [-0.3, -0.25) is 9.48 Å². The zero-order valence-corrected chi connectivity index (χ0v) is 22.3. The average molecular weight is 527 g/mol. The van der Waals surface area contributed by atoms with Crippen molar-refractivity contribution in [3.05, 3.63) is 107 Å². The summed E-state index contributed by atoms with van der Waals surface area (Å²) in [7, 11) is 1.90. The predicted octanol–water partition coefficient (Wildman–Crippen LogP) is 4.46. The molecule has 4 aromatic heterocycles. The molecule has 6 rings (SSSR count). The Kier molecular flexibility index (Phi) is 6.21. The minimum atomic E-state index is -0.398.